The van der Waals surface area contributed by atoms with Crippen LogP contribution in [0, 0.1) is 5.92 Å². The lowest BCUT2D eigenvalue weighted by molar-refractivity contribution is -0.140. The zero-order chi connectivity index (χ0) is 15.5. The average Bonchev–Trinajstić information content (AvgIpc) is 2.45. The standard InChI is InChI=1S/C14H27N3O3S.ClH/c1-14(7-3-4-8-15-14)13(18)17-9-5-6-12(11-17)10-16-21(2,19)20;/h12,15-16H,3-11H2,1-2H3;1H. The van der Waals surface area contributed by atoms with Crippen LogP contribution in [0.5, 0.6) is 0 Å². The van der Waals surface area contributed by atoms with Gasteiger partial charge in [0.05, 0.1) is 11.8 Å². The SMILES string of the molecule is CC1(C(=O)N2CCCC(CNS(C)(=O)=O)C2)CCCCN1.Cl. The lowest BCUT2D eigenvalue weighted by Crippen LogP contribution is -2.59. The lowest BCUT2D eigenvalue weighted by Gasteiger charge is -2.41. The minimum Gasteiger partial charge on any atom is -0.341 e. The molecule has 2 unspecified atom stereocenters. The van der Waals surface area contributed by atoms with E-state index in [0.29, 0.717) is 13.1 Å². The number of nitrogens with zero attached hydrogens (tertiary/aromatic N) is 1. The number of sulfonamides is 1. The second kappa shape index (κ2) is 7.95. The van der Waals surface area contributed by atoms with E-state index in [1.807, 2.05) is 11.8 Å². The molecule has 0 spiro atoms. The Labute approximate surface area is 139 Å². The Morgan fingerprint density at radius 1 is 1.36 bits per heavy atom. The fourth-order valence-electron chi connectivity index (χ4n) is 3.27. The highest BCUT2D eigenvalue weighted by Gasteiger charge is 2.38. The van der Waals surface area contributed by atoms with Crippen LogP contribution in [0.1, 0.15) is 39.0 Å². The Morgan fingerprint density at radius 3 is 2.68 bits per heavy atom. The van der Waals surface area contributed by atoms with Gasteiger partial charge < -0.3 is 10.2 Å². The Hall–Kier alpha value is -0.370. The fourth-order valence-corrected chi connectivity index (χ4v) is 3.81. The molecule has 2 aliphatic heterocycles. The van der Waals surface area contributed by atoms with Gasteiger partial charge in [0.2, 0.25) is 15.9 Å². The number of amides is 1. The summed E-state index contributed by atoms with van der Waals surface area (Å²) in [6, 6.07) is 0. The smallest absolute Gasteiger partial charge is 0.242 e. The predicted molar refractivity (Wildman–Crippen MR) is 89.7 cm³/mol. The molecule has 0 aromatic rings. The third-order valence-electron chi connectivity index (χ3n) is 4.53. The number of hydrogen-bond acceptors (Lipinski definition) is 4. The summed E-state index contributed by atoms with van der Waals surface area (Å²) in [5, 5.41) is 3.36. The Balaban J connectivity index is 0.00000242. The molecule has 0 bridgehead atoms. The summed E-state index contributed by atoms with van der Waals surface area (Å²) < 4.78 is 24.9. The molecule has 22 heavy (non-hydrogen) atoms. The summed E-state index contributed by atoms with van der Waals surface area (Å²) in [5.41, 5.74) is -0.440. The van der Waals surface area contributed by atoms with Crippen LogP contribution >= 0.6 is 12.4 Å². The minimum atomic E-state index is -3.16. The topological polar surface area (TPSA) is 78.5 Å². The largest absolute Gasteiger partial charge is 0.341 e. The quantitative estimate of drug-likeness (QED) is 0.781. The molecule has 2 fully saturated rings. The van der Waals surface area contributed by atoms with Crippen molar-refractivity contribution in [2.45, 2.75) is 44.6 Å². The molecule has 2 aliphatic rings. The van der Waals surface area contributed by atoms with Crippen LogP contribution in [0.3, 0.4) is 0 Å². The molecule has 0 aliphatic carbocycles. The Morgan fingerprint density at radius 2 is 2.09 bits per heavy atom. The van der Waals surface area contributed by atoms with Crippen molar-refractivity contribution in [1.82, 2.24) is 14.9 Å². The van der Waals surface area contributed by atoms with Crippen molar-refractivity contribution in [3.8, 4) is 0 Å². The van der Waals surface area contributed by atoms with E-state index >= 15 is 0 Å². The van der Waals surface area contributed by atoms with E-state index in [2.05, 4.69) is 10.0 Å². The number of carbonyl (C=O) groups is 1. The Kier molecular flexibility index (Phi) is 7.11. The second-order valence-electron chi connectivity index (χ2n) is 6.60. The van der Waals surface area contributed by atoms with Crippen LogP contribution in [0.25, 0.3) is 0 Å². The van der Waals surface area contributed by atoms with Crippen molar-refractivity contribution in [2.24, 2.45) is 5.92 Å². The molecule has 0 aromatic carbocycles. The summed E-state index contributed by atoms with van der Waals surface area (Å²) >= 11 is 0. The summed E-state index contributed by atoms with van der Waals surface area (Å²) in [7, 11) is -3.16. The third kappa shape index (κ3) is 5.37. The highest BCUT2D eigenvalue weighted by atomic mass is 35.5. The monoisotopic (exact) mass is 353 g/mol. The molecule has 1 amide bonds. The average molecular weight is 354 g/mol. The highest BCUT2D eigenvalue weighted by Crippen LogP contribution is 2.24. The molecule has 0 aromatic heterocycles. The summed E-state index contributed by atoms with van der Waals surface area (Å²) in [6.07, 6.45) is 6.18. The normalized spacial score (nSPS) is 29.7. The van der Waals surface area contributed by atoms with Gasteiger partial charge in [-0.25, -0.2) is 13.1 Å². The molecule has 130 valence electrons. The van der Waals surface area contributed by atoms with Crippen molar-refractivity contribution in [3.63, 3.8) is 0 Å². The summed E-state index contributed by atoms with van der Waals surface area (Å²) in [6.45, 7) is 4.75. The number of likely N-dealkylation sites (tertiary alicyclic amines) is 1. The van der Waals surface area contributed by atoms with Crippen LogP contribution in [0.15, 0.2) is 0 Å². The molecule has 2 N–H and O–H groups in total. The number of hydrogen-bond donors (Lipinski definition) is 2. The van der Waals surface area contributed by atoms with Crippen molar-refractivity contribution in [2.75, 3.05) is 32.4 Å². The lowest BCUT2D eigenvalue weighted by atomic mass is 9.88. The van der Waals surface area contributed by atoms with Crippen molar-refractivity contribution in [1.29, 1.82) is 0 Å². The third-order valence-corrected chi connectivity index (χ3v) is 5.22. The molecule has 2 saturated heterocycles. The van der Waals surface area contributed by atoms with Crippen molar-refractivity contribution < 1.29 is 13.2 Å². The van der Waals surface area contributed by atoms with E-state index < -0.39 is 15.6 Å². The van der Waals surface area contributed by atoms with E-state index in [0.717, 1.165) is 45.2 Å². The number of carbonyl (C=O) groups excluding carboxylic acids is 1. The maximum absolute atomic E-state index is 12.7. The van der Waals surface area contributed by atoms with Gasteiger partial charge in [-0.2, -0.15) is 0 Å². The molecule has 2 heterocycles. The fraction of sp³-hybridized carbons (Fsp3) is 0.929. The van der Waals surface area contributed by atoms with E-state index in [1.165, 1.54) is 6.26 Å². The van der Waals surface area contributed by atoms with E-state index in [-0.39, 0.29) is 24.2 Å². The molecule has 8 heteroatoms. The molecule has 0 radical (unpaired) electrons. The predicted octanol–water partition coefficient (Wildman–Crippen LogP) is 0.728. The van der Waals surface area contributed by atoms with Crippen LogP contribution in [0.4, 0.5) is 0 Å². The maximum atomic E-state index is 12.7. The molecule has 6 nitrogen and oxygen atoms in total. The van der Waals surface area contributed by atoms with Gasteiger partial charge in [-0.05, 0) is 51.5 Å². The number of halogens is 1. The van der Waals surface area contributed by atoms with Gasteiger partial charge in [0.1, 0.15) is 0 Å². The van der Waals surface area contributed by atoms with Gasteiger partial charge in [0.25, 0.3) is 0 Å². The summed E-state index contributed by atoms with van der Waals surface area (Å²) in [4.78, 5) is 14.7. The molecule has 2 rings (SSSR count). The molecular formula is C14H28ClN3O3S. The number of rotatable bonds is 4. The molecular weight excluding hydrogens is 326 g/mol. The van der Waals surface area contributed by atoms with Crippen LogP contribution < -0.4 is 10.0 Å². The first kappa shape index (κ1) is 19.7. The van der Waals surface area contributed by atoms with Gasteiger partial charge >= 0.3 is 0 Å². The van der Waals surface area contributed by atoms with Crippen molar-refractivity contribution in [3.05, 3.63) is 0 Å². The zero-order valence-corrected chi connectivity index (χ0v) is 15.1. The number of nitrogens with one attached hydrogen (secondary N) is 2. The van der Waals surface area contributed by atoms with Crippen LogP contribution in [-0.4, -0.2) is 57.2 Å². The van der Waals surface area contributed by atoms with E-state index in [1.54, 1.807) is 0 Å². The minimum absolute atomic E-state index is 0. The number of piperidine rings is 2. The van der Waals surface area contributed by atoms with Gasteiger partial charge in [0.15, 0.2) is 0 Å². The maximum Gasteiger partial charge on any atom is 0.242 e. The summed E-state index contributed by atoms with van der Waals surface area (Å²) in [5.74, 6) is 0.385. The van der Waals surface area contributed by atoms with Gasteiger partial charge in [-0.3, -0.25) is 4.79 Å². The van der Waals surface area contributed by atoms with E-state index in [4.69, 9.17) is 0 Å². The molecule has 2 atom stereocenters. The van der Waals surface area contributed by atoms with Crippen LogP contribution in [-0.2, 0) is 14.8 Å². The Bertz CT molecular complexity index is 478. The van der Waals surface area contributed by atoms with Gasteiger partial charge in [-0.15, -0.1) is 12.4 Å². The first-order chi connectivity index (χ1) is 9.80. The first-order valence-corrected chi connectivity index (χ1v) is 9.68. The van der Waals surface area contributed by atoms with Gasteiger partial charge in [0, 0.05) is 19.6 Å². The van der Waals surface area contributed by atoms with Crippen molar-refractivity contribution >= 4 is 28.3 Å². The first-order valence-electron chi connectivity index (χ1n) is 7.79. The van der Waals surface area contributed by atoms with Crippen LogP contribution in [0.2, 0.25) is 0 Å². The second-order valence-corrected chi connectivity index (χ2v) is 8.43. The van der Waals surface area contributed by atoms with Gasteiger partial charge in [-0.1, -0.05) is 0 Å². The highest BCUT2D eigenvalue weighted by molar-refractivity contribution is 7.88. The zero-order valence-electron chi connectivity index (χ0n) is 13.4. The molecule has 0 saturated carbocycles. The van der Waals surface area contributed by atoms with E-state index in [9.17, 15) is 13.2 Å².